The summed E-state index contributed by atoms with van der Waals surface area (Å²) < 4.78 is 32.5. The number of methoxy groups -OCH3 is 1. The molecule has 1 aliphatic rings. The van der Waals surface area contributed by atoms with Gasteiger partial charge in [0.1, 0.15) is 5.75 Å². The lowest BCUT2D eigenvalue weighted by atomic mass is 10.0. The molecule has 0 saturated carbocycles. The third-order valence-corrected chi connectivity index (χ3v) is 7.48. The predicted octanol–water partition coefficient (Wildman–Crippen LogP) is 3.28. The average molecular weight is 431 g/mol. The highest BCUT2D eigenvalue weighted by Crippen LogP contribution is 2.21. The SMILES string of the molecule is COc1ccc(CCC(=O)N2CCN(S(=O)(=O)c3ccc(C(C)C)cc3)CC2)cc1. The van der Waals surface area contributed by atoms with E-state index in [2.05, 4.69) is 13.8 Å². The second-order valence-electron chi connectivity index (χ2n) is 7.86. The Bertz CT molecular complexity index is 946. The van der Waals surface area contributed by atoms with Crippen LogP contribution in [0.15, 0.2) is 53.4 Å². The molecule has 0 bridgehead atoms. The van der Waals surface area contributed by atoms with E-state index in [0.717, 1.165) is 16.9 Å². The molecule has 1 fully saturated rings. The molecule has 3 rings (SSSR count). The quantitative estimate of drug-likeness (QED) is 0.676. The molecule has 7 heteroatoms. The van der Waals surface area contributed by atoms with E-state index in [1.54, 1.807) is 24.1 Å². The maximum Gasteiger partial charge on any atom is 0.243 e. The highest BCUT2D eigenvalue weighted by atomic mass is 32.2. The van der Waals surface area contributed by atoms with Crippen LogP contribution in [-0.4, -0.2) is 56.8 Å². The molecular formula is C23H30N2O4S. The lowest BCUT2D eigenvalue weighted by molar-refractivity contribution is -0.132. The Labute approximate surface area is 179 Å². The Morgan fingerprint density at radius 1 is 0.967 bits per heavy atom. The number of hydrogen-bond donors (Lipinski definition) is 0. The number of carbonyl (C=O) groups excluding carboxylic acids is 1. The van der Waals surface area contributed by atoms with Crippen molar-refractivity contribution in [1.82, 2.24) is 9.21 Å². The van der Waals surface area contributed by atoms with E-state index in [9.17, 15) is 13.2 Å². The zero-order chi connectivity index (χ0) is 21.7. The summed E-state index contributed by atoms with van der Waals surface area (Å²) in [6.07, 6.45) is 1.07. The van der Waals surface area contributed by atoms with Crippen molar-refractivity contribution in [2.24, 2.45) is 0 Å². The molecule has 1 heterocycles. The minimum absolute atomic E-state index is 0.0594. The fraction of sp³-hybridized carbons (Fsp3) is 0.435. The van der Waals surface area contributed by atoms with Crippen LogP contribution in [0.3, 0.4) is 0 Å². The summed E-state index contributed by atoms with van der Waals surface area (Å²) >= 11 is 0. The summed E-state index contributed by atoms with van der Waals surface area (Å²) in [4.78, 5) is 14.6. The minimum atomic E-state index is -3.53. The molecular weight excluding hydrogens is 400 g/mol. The van der Waals surface area contributed by atoms with E-state index in [-0.39, 0.29) is 5.91 Å². The summed E-state index contributed by atoms with van der Waals surface area (Å²) in [5, 5.41) is 0. The Morgan fingerprint density at radius 3 is 2.10 bits per heavy atom. The first-order valence-electron chi connectivity index (χ1n) is 10.3. The number of rotatable bonds is 7. The van der Waals surface area contributed by atoms with E-state index in [1.807, 2.05) is 36.4 Å². The second-order valence-corrected chi connectivity index (χ2v) is 9.79. The van der Waals surface area contributed by atoms with Crippen LogP contribution in [0.4, 0.5) is 0 Å². The van der Waals surface area contributed by atoms with Crippen molar-refractivity contribution in [2.75, 3.05) is 33.3 Å². The molecule has 0 atom stereocenters. The van der Waals surface area contributed by atoms with Crippen LogP contribution in [0.5, 0.6) is 5.75 Å². The highest BCUT2D eigenvalue weighted by Gasteiger charge is 2.30. The van der Waals surface area contributed by atoms with Gasteiger partial charge in [0.25, 0.3) is 0 Å². The van der Waals surface area contributed by atoms with Gasteiger partial charge in [0, 0.05) is 32.6 Å². The molecule has 1 aliphatic heterocycles. The van der Waals surface area contributed by atoms with Crippen molar-refractivity contribution >= 4 is 15.9 Å². The Hall–Kier alpha value is -2.38. The van der Waals surface area contributed by atoms with Crippen LogP contribution in [0.2, 0.25) is 0 Å². The number of sulfonamides is 1. The summed E-state index contributed by atoms with van der Waals surface area (Å²) in [5.74, 6) is 1.21. The number of benzene rings is 2. The lowest BCUT2D eigenvalue weighted by Crippen LogP contribution is -2.50. The van der Waals surface area contributed by atoms with Gasteiger partial charge in [-0.15, -0.1) is 0 Å². The first-order valence-corrected chi connectivity index (χ1v) is 11.8. The monoisotopic (exact) mass is 430 g/mol. The largest absolute Gasteiger partial charge is 0.497 e. The summed E-state index contributed by atoms with van der Waals surface area (Å²) in [7, 11) is -1.91. The average Bonchev–Trinajstić information content (AvgIpc) is 2.78. The smallest absolute Gasteiger partial charge is 0.243 e. The summed E-state index contributed by atoms with van der Waals surface area (Å²) in [5.41, 5.74) is 2.19. The molecule has 162 valence electrons. The van der Waals surface area contributed by atoms with Crippen LogP contribution in [0.25, 0.3) is 0 Å². The third-order valence-electron chi connectivity index (χ3n) is 5.56. The number of nitrogens with zero attached hydrogens (tertiary/aromatic N) is 2. The first-order chi connectivity index (χ1) is 14.3. The van der Waals surface area contributed by atoms with Gasteiger partial charge in [-0.3, -0.25) is 4.79 Å². The maximum atomic E-state index is 12.9. The fourth-order valence-corrected chi connectivity index (χ4v) is 4.98. The van der Waals surface area contributed by atoms with Crippen molar-refractivity contribution in [1.29, 1.82) is 0 Å². The molecule has 30 heavy (non-hydrogen) atoms. The van der Waals surface area contributed by atoms with Gasteiger partial charge in [-0.1, -0.05) is 38.1 Å². The Kier molecular flexibility index (Phi) is 7.15. The molecule has 0 N–H and O–H groups in total. The van der Waals surface area contributed by atoms with Gasteiger partial charge in [0.15, 0.2) is 0 Å². The van der Waals surface area contributed by atoms with Gasteiger partial charge >= 0.3 is 0 Å². The number of amides is 1. The van der Waals surface area contributed by atoms with Gasteiger partial charge < -0.3 is 9.64 Å². The molecule has 1 saturated heterocycles. The van der Waals surface area contributed by atoms with Gasteiger partial charge in [0.05, 0.1) is 12.0 Å². The van der Waals surface area contributed by atoms with Crippen molar-refractivity contribution in [3.63, 3.8) is 0 Å². The van der Waals surface area contributed by atoms with Gasteiger partial charge in [-0.25, -0.2) is 8.42 Å². The number of aryl methyl sites for hydroxylation is 1. The standard InChI is InChI=1S/C23H30N2O4S/c1-18(2)20-7-11-22(12-8-20)30(27,28)25-16-14-24(15-17-25)23(26)13-6-19-4-9-21(29-3)10-5-19/h4-5,7-12,18H,6,13-17H2,1-3H3. The molecule has 0 spiro atoms. The van der Waals surface area contributed by atoms with E-state index < -0.39 is 10.0 Å². The maximum absolute atomic E-state index is 12.9. The molecule has 2 aromatic rings. The molecule has 0 unspecified atom stereocenters. The summed E-state index contributed by atoms with van der Waals surface area (Å²) in [6.45, 7) is 5.64. The molecule has 6 nitrogen and oxygen atoms in total. The Morgan fingerprint density at radius 2 is 1.57 bits per heavy atom. The van der Waals surface area contributed by atoms with Gasteiger partial charge in [-0.2, -0.15) is 4.31 Å². The van der Waals surface area contributed by atoms with E-state index in [0.29, 0.717) is 49.8 Å². The lowest BCUT2D eigenvalue weighted by Gasteiger charge is -2.34. The number of hydrogen-bond acceptors (Lipinski definition) is 4. The Balaban J connectivity index is 1.53. The topological polar surface area (TPSA) is 66.9 Å². The zero-order valence-corrected chi connectivity index (χ0v) is 18.7. The molecule has 1 amide bonds. The van der Waals surface area contributed by atoms with Crippen LogP contribution in [0, 0.1) is 0 Å². The number of piperazine rings is 1. The summed E-state index contributed by atoms with van der Waals surface area (Å²) in [6, 6.07) is 14.8. The normalized spacial score (nSPS) is 15.4. The minimum Gasteiger partial charge on any atom is -0.497 e. The number of carbonyl (C=O) groups is 1. The van der Waals surface area contributed by atoms with Crippen molar-refractivity contribution in [3.8, 4) is 5.75 Å². The van der Waals surface area contributed by atoms with Crippen LogP contribution in [0.1, 0.15) is 37.3 Å². The molecule has 2 aromatic carbocycles. The molecule has 0 aliphatic carbocycles. The zero-order valence-electron chi connectivity index (χ0n) is 17.9. The van der Waals surface area contributed by atoms with Gasteiger partial charge in [-0.05, 0) is 47.7 Å². The second kappa shape index (κ2) is 9.62. The van der Waals surface area contributed by atoms with Crippen LogP contribution >= 0.6 is 0 Å². The van der Waals surface area contributed by atoms with Crippen molar-refractivity contribution in [2.45, 2.75) is 37.5 Å². The van der Waals surface area contributed by atoms with E-state index in [4.69, 9.17) is 4.74 Å². The fourth-order valence-electron chi connectivity index (χ4n) is 3.55. The molecule has 0 aromatic heterocycles. The molecule has 0 radical (unpaired) electrons. The van der Waals surface area contributed by atoms with Crippen molar-refractivity contribution in [3.05, 3.63) is 59.7 Å². The highest BCUT2D eigenvalue weighted by molar-refractivity contribution is 7.89. The third kappa shape index (κ3) is 5.21. The first kappa shape index (κ1) is 22.3. The predicted molar refractivity (Wildman–Crippen MR) is 117 cm³/mol. The van der Waals surface area contributed by atoms with Gasteiger partial charge in [0.2, 0.25) is 15.9 Å². The van der Waals surface area contributed by atoms with E-state index in [1.165, 1.54) is 4.31 Å². The van der Waals surface area contributed by atoms with Crippen LogP contribution < -0.4 is 4.74 Å². The van der Waals surface area contributed by atoms with Crippen LogP contribution in [-0.2, 0) is 21.2 Å². The number of ether oxygens (including phenoxy) is 1. The van der Waals surface area contributed by atoms with E-state index >= 15 is 0 Å². The van der Waals surface area contributed by atoms with Crippen molar-refractivity contribution < 1.29 is 17.9 Å².